The Labute approximate surface area is 233 Å². The van der Waals surface area contributed by atoms with Crippen LogP contribution in [0.15, 0.2) is 59.5 Å². The molecular formula is C28H26INO6S. The van der Waals surface area contributed by atoms with E-state index in [1.54, 1.807) is 26.0 Å². The molecule has 0 saturated carbocycles. The van der Waals surface area contributed by atoms with Gasteiger partial charge in [-0.25, -0.2) is 0 Å². The molecule has 2 amide bonds. The predicted molar refractivity (Wildman–Crippen MR) is 153 cm³/mol. The molecule has 0 atom stereocenters. The van der Waals surface area contributed by atoms with Gasteiger partial charge in [-0.1, -0.05) is 42.5 Å². The SMILES string of the molecule is CCOc1cc(/C=C2\SC(=O)N(CC(=O)OC(C)C)C2=O)cc(I)c1OCc1cccc2ccccc12. The maximum atomic E-state index is 12.8. The number of fused-ring (bicyclic) bond motifs is 1. The zero-order valence-corrected chi connectivity index (χ0v) is 23.6. The number of amides is 2. The highest BCUT2D eigenvalue weighted by Crippen LogP contribution is 2.38. The van der Waals surface area contributed by atoms with E-state index in [1.807, 2.05) is 37.3 Å². The standard InChI is InChI=1S/C28H26INO6S/c1-4-34-23-13-18(14-24-27(32)30(28(33)37-24)15-25(31)36-17(2)3)12-22(29)26(23)35-16-20-10-7-9-19-8-5-6-11-21(19)20/h5-14,17H,4,15-16H2,1-3H3/b24-14-. The van der Waals surface area contributed by atoms with Gasteiger partial charge in [0.25, 0.3) is 11.1 Å². The second kappa shape index (κ2) is 12.0. The van der Waals surface area contributed by atoms with Gasteiger partial charge in [0.05, 0.1) is 21.2 Å². The molecule has 0 radical (unpaired) electrons. The Morgan fingerprint density at radius 1 is 1.08 bits per heavy atom. The third-order valence-electron chi connectivity index (χ3n) is 5.41. The summed E-state index contributed by atoms with van der Waals surface area (Å²) in [5.74, 6) is -0.00270. The number of thioether (sulfide) groups is 1. The summed E-state index contributed by atoms with van der Waals surface area (Å²) in [5.41, 5.74) is 1.74. The number of benzene rings is 3. The number of carbonyl (C=O) groups excluding carboxylic acids is 3. The first-order valence-corrected chi connectivity index (χ1v) is 13.7. The number of hydrogen-bond acceptors (Lipinski definition) is 7. The summed E-state index contributed by atoms with van der Waals surface area (Å²) in [6, 6.07) is 17.9. The largest absolute Gasteiger partial charge is 0.490 e. The van der Waals surface area contributed by atoms with Crippen molar-refractivity contribution in [3.63, 3.8) is 0 Å². The van der Waals surface area contributed by atoms with Gasteiger partial charge in [-0.05, 0) is 95.2 Å². The zero-order valence-electron chi connectivity index (χ0n) is 20.7. The van der Waals surface area contributed by atoms with E-state index in [0.717, 1.165) is 36.6 Å². The monoisotopic (exact) mass is 631 g/mol. The minimum Gasteiger partial charge on any atom is -0.490 e. The maximum Gasteiger partial charge on any atom is 0.326 e. The highest BCUT2D eigenvalue weighted by Gasteiger charge is 2.37. The van der Waals surface area contributed by atoms with Crippen LogP contribution in [0.4, 0.5) is 4.79 Å². The van der Waals surface area contributed by atoms with Crippen molar-refractivity contribution in [1.82, 2.24) is 4.90 Å². The van der Waals surface area contributed by atoms with Gasteiger partial charge in [0, 0.05) is 0 Å². The summed E-state index contributed by atoms with van der Waals surface area (Å²) >= 11 is 2.97. The van der Waals surface area contributed by atoms with Gasteiger partial charge < -0.3 is 14.2 Å². The van der Waals surface area contributed by atoms with Crippen LogP contribution < -0.4 is 9.47 Å². The number of imide groups is 1. The van der Waals surface area contributed by atoms with Gasteiger partial charge >= 0.3 is 5.97 Å². The summed E-state index contributed by atoms with van der Waals surface area (Å²) in [6.07, 6.45) is 1.29. The second-order valence-corrected chi connectivity index (χ2v) is 10.7. The molecule has 0 aliphatic carbocycles. The predicted octanol–water partition coefficient (Wildman–Crippen LogP) is 6.41. The van der Waals surface area contributed by atoms with Crippen LogP contribution in [0.3, 0.4) is 0 Å². The molecule has 3 aromatic rings. The Kier molecular flexibility index (Phi) is 8.75. The molecule has 1 aliphatic rings. The van der Waals surface area contributed by atoms with Crippen LogP contribution in [-0.4, -0.2) is 41.3 Å². The summed E-state index contributed by atoms with van der Waals surface area (Å²) in [5, 5.41) is 1.76. The van der Waals surface area contributed by atoms with Crippen LogP contribution in [-0.2, 0) is 20.9 Å². The van der Waals surface area contributed by atoms with Crippen LogP contribution in [0.25, 0.3) is 16.8 Å². The lowest BCUT2D eigenvalue weighted by atomic mass is 10.1. The zero-order chi connectivity index (χ0) is 26.5. The number of rotatable bonds is 9. The Morgan fingerprint density at radius 3 is 2.59 bits per heavy atom. The van der Waals surface area contributed by atoms with Gasteiger partial charge in [-0.15, -0.1) is 0 Å². The van der Waals surface area contributed by atoms with Gasteiger partial charge in [-0.3, -0.25) is 19.3 Å². The molecule has 37 heavy (non-hydrogen) atoms. The fourth-order valence-electron chi connectivity index (χ4n) is 3.86. The first kappa shape index (κ1) is 27.0. The van der Waals surface area contributed by atoms with E-state index in [-0.39, 0.29) is 11.0 Å². The number of esters is 1. The highest BCUT2D eigenvalue weighted by molar-refractivity contribution is 14.1. The minimum atomic E-state index is -0.626. The quantitative estimate of drug-likeness (QED) is 0.153. The fraction of sp³-hybridized carbons (Fsp3) is 0.250. The summed E-state index contributed by atoms with van der Waals surface area (Å²) in [7, 11) is 0. The van der Waals surface area contributed by atoms with E-state index in [2.05, 4.69) is 40.8 Å². The van der Waals surface area contributed by atoms with E-state index >= 15 is 0 Å². The number of halogens is 1. The first-order chi connectivity index (χ1) is 17.8. The smallest absolute Gasteiger partial charge is 0.326 e. The van der Waals surface area contributed by atoms with Crippen molar-refractivity contribution in [2.45, 2.75) is 33.5 Å². The summed E-state index contributed by atoms with van der Waals surface area (Å²) in [6.45, 7) is 5.68. The van der Waals surface area contributed by atoms with Gasteiger partial charge in [-0.2, -0.15) is 0 Å². The number of carbonyl (C=O) groups is 3. The Hall–Kier alpha value is -3.05. The number of nitrogens with zero attached hydrogens (tertiary/aromatic N) is 1. The van der Waals surface area contributed by atoms with Gasteiger partial charge in [0.2, 0.25) is 0 Å². The molecule has 1 fully saturated rings. The van der Waals surface area contributed by atoms with Crippen LogP contribution >= 0.6 is 34.4 Å². The average Bonchev–Trinajstić information content (AvgIpc) is 3.10. The summed E-state index contributed by atoms with van der Waals surface area (Å²) < 4.78 is 18.0. The topological polar surface area (TPSA) is 82.1 Å². The lowest BCUT2D eigenvalue weighted by Crippen LogP contribution is -2.35. The molecule has 4 rings (SSSR count). The molecule has 9 heteroatoms. The Balaban J connectivity index is 1.56. The minimum absolute atomic E-state index is 0.227. The molecule has 7 nitrogen and oxygen atoms in total. The molecule has 1 aliphatic heterocycles. The third kappa shape index (κ3) is 6.45. The summed E-state index contributed by atoms with van der Waals surface area (Å²) in [4.78, 5) is 38.3. The van der Waals surface area contributed by atoms with E-state index in [1.165, 1.54) is 0 Å². The number of hydrogen-bond donors (Lipinski definition) is 0. The van der Waals surface area contributed by atoms with Gasteiger partial charge in [0.1, 0.15) is 13.2 Å². The van der Waals surface area contributed by atoms with Crippen LogP contribution in [0.2, 0.25) is 0 Å². The van der Waals surface area contributed by atoms with Crippen molar-refractivity contribution < 1.29 is 28.6 Å². The second-order valence-electron chi connectivity index (χ2n) is 8.50. The van der Waals surface area contributed by atoms with E-state index in [0.29, 0.717) is 30.3 Å². The maximum absolute atomic E-state index is 12.8. The molecule has 0 aromatic heterocycles. The molecule has 1 saturated heterocycles. The molecular weight excluding hydrogens is 605 g/mol. The molecule has 0 spiro atoms. The van der Waals surface area contributed by atoms with Gasteiger partial charge in [0.15, 0.2) is 11.5 Å². The number of ether oxygens (including phenoxy) is 3. The molecule has 0 unspecified atom stereocenters. The molecule has 3 aromatic carbocycles. The normalized spacial score (nSPS) is 14.6. The van der Waals surface area contributed by atoms with Crippen molar-refractivity contribution >= 4 is 68.3 Å². The van der Waals surface area contributed by atoms with Crippen molar-refractivity contribution in [1.29, 1.82) is 0 Å². The Bertz CT molecular complexity index is 1380. The molecule has 0 bridgehead atoms. The van der Waals surface area contributed by atoms with Crippen molar-refractivity contribution in [3.8, 4) is 11.5 Å². The Morgan fingerprint density at radius 2 is 1.84 bits per heavy atom. The van der Waals surface area contributed by atoms with E-state index < -0.39 is 23.7 Å². The van der Waals surface area contributed by atoms with Crippen LogP contribution in [0.5, 0.6) is 11.5 Å². The van der Waals surface area contributed by atoms with Crippen LogP contribution in [0.1, 0.15) is 31.9 Å². The highest BCUT2D eigenvalue weighted by atomic mass is 127. The van der Waals surface area contributed by atoms with Crippen LogP contribution in [0, 0.1) is 3.57 Å². The fourth-order valence-corrected chi connectivity index (χ4v) is 5.48. The average molecular weight is 631 g/mol. The lowest BCUT2D eigenvalue weighted by molar-refractivity contribution is -0.149. The van der Waals surface area contributed by atoms with Crippen molar-refractivity contribution in [2.24, 2.45) is 0 Å². The molecule has 0 N–H and O–H groups in total. The third-order valence-corrected chi connectivity index (χ3v) is 7.12. The molecule has 1 heterocycles. The van der Waals surface area contributed by atoms with E-state index in [9.17, 15) is 14.4 Å². The van der Waals surface area contributed by atoms with Crippen molar-refractivity contribution in [2.75, 3.05) is 13.2 Å². The van der Waals surface area contributed by atoms with E-state index in [4.69, 9.17) is 14.2 Å². The first-order valence-electron chi connectivity index (χ1n) is 11.8. The molecule has 192 valence electrons. The van der Waals surface area contributed by atoms with Crippen molar-refractivity contribution in [3.05, 3.63) is 74.2 Å². The lowest BCUT2D eigenvalue weighted by Gasteiger charge is -2.16.